The molecule has 0 fully saturated rings. The van der Waals surface area contributed by atoms with Crippen LogP contribution in [0, 0.1) is 0 Å². The predicted molar refractivity (Wildman–Crippen MR) is 109 cm³/mol. The molecule has 2 rings (SSSR count). The maximum atomic E-state index is 12.9. The Morgan fingerprint density at radius 2 is 1.71 bits per heavy atom. The van der Waals surface area contributed by atoms with Crippen LogP contribution < -0.4 is 10.6 Å². The predicted octanol–water partition coefficient (Wildman–Crippen LogP) is 4.97. The van der Waals surface area contributed by atoms with Crippen LogP contribution in [-0.2, 0) is 20.5 Å². The number of alkyl halides is 3. The molecule has 0 aromatic heterocycles. The molecule has 2 aromatic carbocycles. The fourth-order valence-electron chi connectivity index (χ4n) is 2.28. The molecule has 0 heterocycles. The van der Waals surface area contributed by atoms with Gasteiger partial charge in [0.2, 0.25) is 0 Å². The minimum Gasteiger partial charge on any atom is -0.451 e. The number of hydrogen-bond acceptors (Lipinski definition) is 4. The number of hydrogen-bond donors (Lipinski definition) is 2. The number of amides is 2. The van der Waals surface area contributed by atoms with Gasteiger partial charge in [-0.3, -0.25) is 14.4 Å². The van der Waals surface area contributed by atoms with Gasteiger partial charge < -0.3 is 15.4 Å². The number of rotatable bonds is 6. The SMILES string of the molecule is C[C@@H](OC(=O)CNC(=O)c1ccc(Cl)cc1Cl)C(=O)Nc1ccc(Cl)c(C(F)(F)F)c1. The van der Waals surface area contributed by atoms with Crippen molar-refractivity contribution in [3.05, 3.63) is 62.6 Å². The quantitative estimate of drug-likeness (QED) is 0.552. The molecule has 0 bridgehead atoms. The molecule has 1 atom stereocenters. The molecule has 0 spiro atoms. The highest BCUT2D eigenvalue weighted by atomic mass is 35.5. The van der Waals surface area contributed by atoms with E-state index in [1.807, 2.05) is 0 Å². The Balaban J connectivity index is 1.91. The molecule has 0 aliphatic rings. The minimum atomic E-state index is -4.71. The number of halogens is 6. The molecule has 2 N–H and O–H groups in total. The second-order valence-corrected chi connectivity index (χ2v) is 7.37. The summed E-state index contributed by atoms with van der Waals surface area (Å²) in [5, 5.41) is 4.34. The van der Waals surface area contributed by atoms with Gasteiger partial charge in [-0.1, -0.05) is 34.8 Å². The molecule has 0 saturated carbocycles. The van der Waals surface area contributed by atoms with Crippen molar-refractivity contribution >= 4 is 58.3 Å². The summed E-state index contributed by atoms with van der Waals surface area (Å²) >= 11 is 17.2. The summed E-state index contributed by atoms with van der Waals surface area (Å²) in [7, 11) is 0. The van der Waals surface area contributed by atoms with E-state index in [-0.39, 0.29) is 16.3 Å². The van der Waals surface area contributed by atoms with Crippen LogP contribution in [0.15, 0.2) is 36.4 Å². The van der Waals surface area contributed by atoms with Gasteiger partial charge in [-0.25, -0.2) is 0 Å². The normalized spacial score (nSPS) is 12.1. The highest BCUT2D eigenvalue weighted by molar-refractivity contribution is 6.36. The van der Waals surface area contributed by atoms with Gasteiger partial charge in [-0.05, 0) is 43.3 Å². The van der Waals surface area contributed by atoms with Gasteiger partial charge in [0.25, 0.3) is 11.8 Å². The van der Waals surface area contributed by atoms with E-state index in [0.717, 1.165) is 6.07 Å². The van der Waals surface area contributed by atoms with E-state index in [2.05, 4.69) is 10.6 Å². The fraction of sp³-hybridized carbons (Fsp3) is 0.211. The Morgan fingerprint density at radius 1 is 1.03 bits per heavy atom. The first-order valence-electron chi connectivity index (χ1n) is 8.49. The number of esters is 1. The molecule has 0 radical (unpaired) electrons. The van der Waals surface area contributed by atoms with Crippen LogP contribution in [-0.4, -0.2) is 30.4 Å². The lowest BCUT2D eigenvalue weighted by molar-refractivity contribution is -0.152. The lowest BCUT2D eigenvalue weighted by atomic mass is 10.2. The van der Waals surface area contributed by atoms with E-state index in [9.17, 15) is 27.6 Å². The maximum Gasteiger partial charge on any atom is 0.417 e. The van der Waals surface area contributed by atoms with E-state index in [1.54, 1.807) is 0 Å². The standard InChI is InChI=1S/C19H14Cl3F3N2O4/c1-9(17(29)27-11-3-5-14(21)13(7-11)19(23,24)25)31-16(28)8-26-18(30)12-4-2-10(20)6-15(12)22/h2-7,9H,8H2,1H3,(H,26,30)(H,27,29)/t9-/m1/s1. The highest BCUT2D eigenvalue weighted by Gasteiger charge is 2.33. The first-order valence-corrected chi connectivity index (χ1v) is 9.62. The largest absolute Gasteiger partial charge is 0.451 e. The van der Waals surface area contributed by atoms with Gasteiger partial charge in [-0.2, -0.15) is 13.2 Å². The van der Waals surface area contributed by atoms with Gasteiger partial charge in [-0.15, -0.1) is 0 Å². The van der Waals surface area contributed by atoms with Crippen molar-refractivity contribution in [1.29, 1.82) is 0 Å². The van der Waals surface area contributed by atoms with Crippen molar-refractivity contribution in [2.24, 2.45) is 0 Å². The van der Waals surface area contributed by atoms with E-state index >= 15 is 0 Å². The van der Waals surface area contributed by atoms with Gasteiger partial charge in [0, 0.05) is 10.7 Å². The van der Waals surface area contributed by atoms with Gasteiger partial charge in [0.05, 0.1) is 21.2 Å². The lowest BCUT2D eigenvalue weighted by Crippen LogP contribution is -2.36. The van der Waals surface area contributed by atoms with Crippen LogP contribution in [0.1, 0.15) is 22.8 Å². The zero-order valence-electron chi connectivity index (χ0n) is 15.6. The maximum absolute atomic E-state index is 12.9. The van der Waals surface area contributed by atoms with E-state index in [1.165, 1.54) is 31.2 Å². The van der Waals surface area contributed by atoms with E-state index < -0.39 is 47.2 Å². The smallest absolute Gasteiger partial charge is 0.417 e. The second-order valence-electron chi connectivity index (χ2n) is 6.12. The molecule has 0 aliphatic heterocycles. The van der Waals surface area contributed by atoms with Crippen molar-refractivity contribution in [1.82, 2.24) is 5.32 Å². The van der Waals surface area contributed by atoms with E-state index in [0.29, 0.717) is 11.1 Å². The molecule has 12 heteroatoms. The fourth-order valence-corrected chi connectivity index (χ4v) is 3.00. The molecule has 166 valence electrons. The molecular weight excluding hydrogens is 484 g/mol. The summed E-state index contributed by atoms with van der Waals surface area (Å²) in [5.74, 6) is -2.50. The first kappa shape index (κ1) is 24.8. The van der Waals surface area contributed by atoms with Crippen LogP contribution in [0.4, 0.5) is 18.9 Å². The van der Waals surface area contributed by atoms with Crippen molar-refractivity contribution in [3.8, 4) is 0 Å². The topological polar surface area (TPSA) is 84.5 Å². The Bertz CT molecular complexity index is 1020. The van der Waals surface area contributed by atoms with Crippen LogP contribution in [0.25, 0.3) is 0 Å². The van der Waals surface area contributed by atoms with Crippen molar-refractivity contribution in [3.63, 3.8) is 0 Å². The van der Waals surface area contributed by atoms with Crippen molar-refractivity contribution in [2.75, 3.05) is 11.9 Å². The summed E-state index contributed by atoms with van der Waals surface area (Å²) in [6.45, 7) is 0.639. The summed E-state index contributed by atoms with van der Waals surface area (Å²) in [6.07, 6.45) is -6.06. The van der Waals surface area contributed by atoms with Gasteiger partial charge in [0.15, 0.2) is 6.10 Å². The van der Waals surface area contributed by atoms with Crippen LogP contribution in [0.5, 0.6) is 0 Å². The van der Waals surface area contributed by atoms with Gasteiger partial charge in [0.1, 0.15) is 6.54 Å². The van der Waals surface area contributed by atoms with Gasteiger partial charge >= 0.3 is 12.1 Å². The van der Waals surface area contributed by atoms with Crippen LogP contribution in [0.3, 0.4) is 0 Å². The Morgan fingerprint density at radius 3 is 2.32 bits per heavy atom. The highest BCUT2D eigenvalue weighted by Crippen LogP contribution is 2.36. The molecule has 6 nitrogen and oxygen atoms in total. The third kappa shape index (κ3) is 7.02. The molecule has 2 aromatic rings. The summed E-state index contributed by atoms with van der Waals surface area (Å²) in [6, 6.07) is 6.96. The number of benzene rings is 2. The zero-order valence-corrected chi connectivity index (χ0v) is 17.9. The van der Waals surface area contributed by atoms with Crippen LogP contribution in [0.2, 0.25) is 15.1 Å². The molecule has 0 unspecified atom stereocenters. The Hall–Kier alpha value is -2.49. The van der Waals surface area contributed by atoms with Crippen molar-refractivity contribution < 1.29 is 32.3 Å². The summed E-state index contributed by atoms with van der Waals surface area (Å²) in [5.41, 5.74) is -1.23. The molecule has 2 amide bonds. The number of nitrogens with one attached hydrogen (secondary N) is 2. The summed E-state index contributed by atoms with van der Waals surface area (Å²) in [4.78, 5) is 36.0. The van der Waals surface area contributed by atoms with Crippen LogP contribution >= 0.6 is 34.8 Å². The average molecular weight is 498 g/mol. The molecule has 0 aliphatic carbocycles. The molecular formula is C19H14Cl3F3N2O4. The molecule has 31 heavy (non-hydrogen) atoms. The minimum absolute atomic E-state index is 0.0762. The number of anilines is 1. The lowest BCUT2D eigenvalue weighted by Gasteiger charge is -2.15. The summed E-state index contributed by atoms with van der Waals surface area (Å²) < 4.78 is 43.6. The average Bonchev–Trinajstić information content (AvgIpc) is 2.66. The van der Waals surface area contributed by atoms with E-state index in [4.69, 9.17) is 39.5 Å². The molecule has 0 saturated heterocycles. The Kier molecular flexibility index (Phi) is 8.16. The number of ether oxygens (including phenoxy) is 1. The monoisotopic (exact) mass is 496 g/mol. The first-order chi connectivity index (χ1) is 14.4. The number of carbonyl (C=O) groups is 3. The third-order valence-electron chi connectivity index (χ3n) is 3.79. The zero-order chi connectivity index (χ0) is 23.3. The third-order valence-corrected chi connectivity index (χ3v) is 4.66. The number of carbonyl (C=O) groups excluding carboxylic acids is 3. The van der Waals surface area contributed by atoms with Crippen molar-refractivity contribution in [2.45, 2.75) is 19.2 Å². The second kappa shape index (κ2) is 10.2. The Labute approximate surface area is 189 Å².